The van der Waals surface area contributed by atoms with Gasteiger partial charge in [-0.25, -0.2) is 4.98 Å². The highest BCUT2D eigenvalue weighted by molar-refractivity contribution is 5.95. The van der Waals surface area contributed by atoms with Crippen molar-refractivity contribution in [2.24, 2.45) is 5.92 Å². The van der Waals surface area contributed by atoms with Crippen molar-refractivity contribution in [3.8, 4) is 11.5 Å². The molecule has 0 spiro atoms. The molecule has 1 aromatic heterocycles. The normalized spacial score (nSPS) is 18.1. The van der Waals surface area contributed by atoms with Gasteiger partial charge in [-0.05, 0) is 55.5 Å². The first-order valence-electron chi connectivity index (χ1n) is 11.3. The van der Waals surface area contributed by atoms with Crippen LogP contribution >= 0.6 is 0 Å². The van der Waals surface area contributed by atoms with Gasteiger partial charge in [-0.1, -0.05) is 6.07 Å². The van der Waals surface area contributed by atoms with Crippen LogP contribution in [-0.4, -0.2) is 54.7 Å². The maximum atomic E-state index is 12.7. The van der Waals surface area contributed by atoms with E-state index in [-0.39, 0.29) is 24.5 Å². The fraction of sp³-hybridized carbons (Fsp3) is 0.458. The number of piperidine rings is 1. The fourth-order valence-electron chi connectivity index (χ4n) is 4.58. The molecule has 2 fully saturated rings. The lowest BCUT2D eigenvalue weighted by Crippen LogP contribution is -2.40. The lowest BCUT2D eigenvalue weighted by atomic mass is 9.95. The third-order valence-corrected chi connectivity index (χ3v) is 6.48. The first-order chi connectivity index (χ1) is 15.7. The van der Waals surface area contributed by atoms with Crippen molar-refractivity contribution in [2.75, 3.05) is 37.9 Å². The van der Waals surface area contributed by atoms with Crippen LogP contribution in [0.3, 0.4) is 0 Å². The lowest BCUT2D eigenvalue weighted by Gasteiger charge is -2.32. The zero-order valence-corrected chi connectivity index (χ0v) is 18.1. The summed E-state index contributed by atoms with van der Waals surface area (Å²) in [7, 11) is 0. The molecule has 0 radical (unpaired) electrons. The summed E-state index contributed by atoms with van der Waals surface area (Å²) in [6, 6.07) is 9.41. The van der Waals surface area contributed by atoms with Crippen LogP contribution in [0.2, 0.25) is 0 Å². The lowest BCUT2D eigenvalue weighted by molar-refractivity contribution is -0.125. The number of carbonyl (C=O) groups is 2. The zero-order chi connectivity index (χ0) is 21.9. The molecule has 2 saturated heterocycles. The van der Waals surface area contributed by atoms with Crippen molar-refractivity contribution in [2.45, 2.75) is 32.2 Å². The number of hydrogen-bond acceptors (Lipinski definition) is 6. The number of anilines is 1. The van der Waals surface area contributed by atoms with Crippen LogP contribution in [0.1, 0.15) is 41.6 Å². The number of pyridine rings is 1. The van der Waals surface area contributed by atoms with Crippen LogP contribution in [0.4, 0.5) is 5.82 Å². The van der Waals surface area contributed by atoms with Gasteiger partial charge in [-0.3, -0.25) is 9.59 Å². The number of ether oxygens (including phenoxy) is 2. The van der Waals surface area contributed by atoms with Gasteiger partial charge in [0.15, 0.2) is 11.5 Å². The minimum Gasteiger partial charge on any atom is -0.454 e. The quantitative estimate of drug-likeness (QED) is 0.776. The van der Waals surface area contributed by atoms with E-state index >= 15 is 0 Å². The van der Waals surface area contributed by atoms with Gasteiger partial charge in [-0.2, -0.15) is 0 Å². The summed E-state index contributed by atoms with van der Waals surface area (Å²) in [5.74, 6) is 2.43. The average Bonchev–Trinajstić information content (AvgIpc) is 3.54. The van der Waals surface area contributed by atoms with E-state index in [0.29, 0.717) is 12.1 Å². The molecule has 1 aromatic carbocycles. The molecule has 2 aromatic rings. The van der Waals surface area contributed by atoms with E-state index in [4.69, 9.17) is 9.47 Å². The molecule has 4 heterocycles. The van der Waals surface area contributed by atoms with Gasteiger partial charge in [0.25, 0.3) is 5.91 Å². The molecule has 0 saturated carbocycles. The molecule has 5 rings (SSSR count). The topological polar surface area (TPSA) is 84.0 Å². The smallest absolute Gasteiger partial charge is 0.254 e. The number of aromatic nitrogens is 1. The number of amides is 2. The van der Waals surface area contributed by atoms with Gasteiger partial charge in [0.2, 0.25) is 12.7 Å². The maximum absolute atomic E-state index is 12.7. The van der Waals surface area contributed by atoms with Crippen LogP contribution in [0, 0.1) is 5.92 Å². The second kappa shape index (κ2) is 9.06. The minimum atomic E-state index is -0.0188. The molecule has 0 atom stereocenters. The van der Waals surface area contributed by atoms with Crippen molar-refractivity contribution in [3.63, 3.8) is 0 Å². The molecule has 0 unspecified atom stereocenters. The number of rotatable bonds is 5. The summed E-state index contributed by atoms with van der Waals surface area (Å²) in [5.41, 5.74) is 1.68. The maximum Gasteiger partial charge on any atom is 0.254 e. The Balaban J connectivity index is 1.13. The molecule has 0 bridgehead atoms. The molecule has 8 nitrogen and oxygen atoms in total. The monoisotopic (exact) mass is 436 g/mol. The molecule has 3 aliphatic rings. The highest BCUT2D eigenvalue weighted by Crippen LogP contribution is 2.32. The molecule has 3 aliphatic heterocycles. The first-order valence-corrected chi connectivity index (χ1v) is 11.3. The number of likely N-dealkylation sites (tertiary alicyclic amines) is 1. The van der Waals surface area contributed by atoms with E-state index in [0.717, 1.165) is 74.7 Å². The Morgan fingerprint density at radius 2 is 1.78 bits per heavy atom. The van der Waals surface area contributed by atoms with E-state index in [1.165, 1.54) is 0 Å². The van der Waals surface area contributed by atoms with Crippen LogP contribution in [0.5, 0.6) is 11.5 Å². The number of nitrogens with one attached hydrogen (secondary N) is 1. The summed E-state index contributed by atoms with van der Waals surface area (Å²) in [5, 5.41) is 3.05. The van der Waals surface area contributed by atoms with Crippen LogP contribution in [0.15, 0.2) is 36.5 Å². The van der Waals surface area contributed by atoms with Gasteiger partial charge in [0, 0.05) is 50.4 Å². The Kier molecular flexibility index (Phi) is 5.83. The van der Waals surface area contributed by atoms with E-state index in [1.807, 2.05) is 29.2 Å². The summed E-state index contributed by atoms with van der Waals surface area (Å²) in [4.78, 5) is 33.9. The van der Waals surface area contributed by atoms with E-state index in [1.54, 1.807) is 12.3 Å². The van der Waals surface area contributed by atoms with Gasteiger partial charge in [-0.15, -0.1) is 0 Å². The molecular formula is C24H28N4O4. The molecule has 2 amide bonds. The molecule has 32 heavy (non-hydrogen) atoms. The third kappa shape index (κ3) is 4.35. The predicted octanol–water partition coefficient (Wildman–Crippen LogP) is 2.58. The SMILES string of the molecule is O=C(NCc1ccc2c(c1)OCO2)C1CCN(c2cc(C(=O)N3CCCC3)ccn2)CC1. The molecule has 8 heteroatoms. The minimum absolute atomic E-state index is 0.0188. The molecular weight excluding hydrogens is 408 g/mol. The Morgan fingerprint density at radius 1 is 1.00 bits per heavy atom. The average molecular weight is 437 g/mol. The second-order valence-corrected chi connectivity index (χ2v) is 8.57. The molecule has 0 aliphatic carbocycles. The van der Waals surface area contributed by atoms with Gasteiger partial charge in [0.1, 0.15) is 5.82 Å². The number of hydrogen-bond donors (Lipinski definition) is 1. The Bertz CT molecular complexity index is 997. The van der Waals surface area contributed by atoms with Crippen molar-refractivity contribution in [1.82, 2.24) is 15.2 Å². The number of benzene rings is 1. The third-order valence-electron chi connectivity index (χ3n) is 6.48. The fourth-order valence-corrected chi connectivity index (χ4v) is 4.58. The van der Waals surface area contributed by atoms with Crippen LogP contribution in [-0.2, 0) is 11.3 Å². The second-order valence-electron chi connectivity index (χ2n) is 8.57. The zero-order valence-electron chi connectivity index (χ0n) is 18.1. The van der Waals surface area contributed by atoms with Crippen molar-refractivity contribution < 1.29 is 19.1 Å². The summed E-state index contributed by atoms with van der Waals surface area (Å²) >= 11 is 0. The predicted molar refractivity (Wildman–Crippen MR) is 119 cm³/mol. The van der Waals surface area contributed by atoms with Crippen molar-refractivity contribution >= 4 is 17.6 Å². The Hall–Kier alpha value is -3.29. The van der Waals surface area contributed by atoms with E-state index in [9.17, 15) is 9.59 Å². The number of nitrogens with zero attached hydrogens (tertiary/aromatic N) is 3. The van der Waals surface area contributed by atoms with Crippen LogP contribution < -0.4 is 19.7 Å². The van der Waals surface area contributed by atoms with Crippen molar-refractivity contribution in [3.05, 3.63) is 47.7 Å². The number of fused-ring (bicyclic) bond motifs is 1. The van der Waals surface area contributed by atoms with E-state index in [2.05, 4.69) is 15.2 Å². The highest BCUT2D eigenvalue weighted by atomic mass is 16.7. The van der Waals surface area contributed by atoms with Crippen molar-refractivity contribution in [1.29, 1.82) is 0 Å². The van der Waals surface area contributed by atoms with Gasteiger partial charge in [0.05, 0.1) is 0 Å². The molecule has 1 N–H and O–H groups in total. The summed E-state index contributed by atoms with van der Waals surface area (Å²) in [6.45, 7) is 3.88. The Morgan fingerprint density at radius 3 is 2.59 bits per heavy atom. The summed E-state index contributed by atoms with van der Waals surface area (Å²) < 4.78 is 10.7. The molecule has 168 valence electrons. The standard InChI is InChI=1S/C24H28N4O4/c29-23(26-15-17-3-4-20-21(13-17)32-16-31-20)18-6-11-27(12-7-18)22-14-19(5-8-25-22)24(30)28-9-1-2-10-28/h3-5,8,13-14,18H,1-2,6-7,9-12,15-16H2,(H,26,29). The first kappa shape index (κ1) is 20.6. The Labute approximate surface area is 187 Å². The van der Waals surface area contributed by atoms with Gasteiger partial charge >= 0.3 is 0 Å². The number of carbonyl (C=O) groups excluding carboxylic acids is 2. The summed E-state index contributed by atoms with van der Waals surface area (Å²) in [6.07, 6.45) is 5.39. The van der Waals surface area contributed by atoms with Gasteiger partial charge < -0.3 is 24.6 Å². The largest absolute Gasteiger partial charge is 0.454 e. The van der Waals surface area contributed by atoms with Crippen LogP contribution in [0.25, 0.3) is 0 Å². The highest BCUT2D eigenvalue weighted by Gasteiger charge is 2.27. The van der Waals surface area contributed by atoms with E-state index < -0.39 is 0 Å².